The summed E-state index contributed by atoms with van der Waals surface area (Å²) in [6.07, 6.45) is 9.61. The highest BCUT2D eigenvalue weighted by Gasteiger charge is 2.39. The first-order valence-corrected chi connectivity index (χ1v) is 6.29. The van der Waals surface area contributed by atoms with Crippen LogP contribution in [-0.2, 0) is 0 Å². The summed E-state index contributed by atoms with van der Waals surface area (Å²) in [6, 6.07) is 0. The number of rotatable bonds is 6. The van der Waals surface area contributed by atoms with Crippen molar-refractivity contribution in [3.63, 3.8) is 0 Å². The zero-order valence-corrected chi connectivity index (χ0v) is 10.2. The molecule has 2 heteroatoms. The van der Waals surface area contributed by atoms with Crippen LogP contribution in [0.1, 0.15) is 26.2 Å². The van der Waals surface area contributed by atoms with Gasteiger partial charge in [0.1, 0.15) is 0 Å². The predicted octanol–water partition coefficient (Wildman–Crippen LogP) is 2.38. The van der Waals surface area contributed by atoms with Crippen LogP contribution in [0.5, 0.6) is 0 Å². The van der Waals surface area contributed by atoms with Crippen LogP contribution in [0.2, 0.25) is 0 Å². The van der Waals surface area contributed by atoms with E-state index >= 15 is 0 Å². The second kappa shape index (κ2) is 6.87. The summed E-state index contributed by atoms with van der Waals surface area (Å²) in [5, 5.41) is 18.8. The molecule has 0 bridgehead atoms. The van der Waals surface area contributed by atoms with Gasteiger partial charge in [0.25, 0.3) is 0 Å². The van der Waals surface area contributed by atoms with Crippen LogP contribution >= 0.6 is 0 Å². The van der Waals surface area contributed by atoms with Gasteiger partial charge in [0, 0.05) is 13.2 Å². The fraction of sp³-hybridized carbons (Fsp3) is 0.714. The zero-order valence-electron chi connectivity index (χ0n) is 10.2. The van der Waals surface area contributed by atoms with Crippen LogP contribution in [-0.4, -0.2) is 23.4 Å². The van der Waals surface area contributed by atoms with Crippen molar-refractivity contribution in [2.45, 2.75) is 26.2 Å². The molecule has 1 aliphatic rings. The van der Waals surface area contributed by atoms with Gasteiger partial charge < -0.3 is 10.2 Å². The van der Waals surface area contributed by atoms with Gasteiger partial charge in [-0.1, -0.05) is 31.6 Å². The third-order valence-electron chi connectivity index (χ3n) is 3.76. The van der Waals surface area contributed by atoms with E-state index in [2.05, 4.69) is 25.7 Å². The monoisotopic (exact) mass is 224 g/mol. The van der Waals surface area contributed by atoms with E-state index in [0.717, 1.165) is 19.3 Å². The Balaban J connectivity index is 2.67. The van der Waals surface area contributed by atoms with Crippen molar-refractivity contribution in [2.24, 2.45) is 23.7 Å². The SMILES string of the molecule is C=C[C@@H]1C[C@H](/C=C\CCC)[C@@H](CO)[C@H]1CO. The lowest BCUT2D eigenvalue weighted by atomic mass is 9.88. The highest BCUT2D eigenvalue weighted by atomic mass is 16.3. The fourth-order valence-corrected chi connectivity index (χ4v) is 2.77. The molecule has 4 atom stereocenters. The van der Waals surface area contributed by atoms with Crippen LogP contribution in [0.3, 0.4) is 0 Å². The van der Waals surface area contributed by atoms with E-state index in [1.165, 1.54) is 0 Å². The number of allylic oxidation sites excluding steroid dienone is 3. The van der Waals surface area contributed by atoms with Crippen molar-refractivity contribution in [2.75, 3.05) is 13.2 Å². The summed E-state index contributed by atoms with van der Waals surface area (Å²) < 4.78 is 0. The van der Waals surface area contributed by atoms with Gasteiger partial charge in [-0.2, -0.15) is 0 Å². The minimum atomic E-state index is 0.153. The van der Waals surface area contributed by atoms with E-state index in [1.807, 2.05) is 6.08 Å². The summed E-state index contributed by atoms with van der Waals surface area (Å²) in [4.78, 5) is 0. The van der Waals surface area contributed by atoms with Gasteiger partial charge in [0.2, 0.25) is 0 Å². The number of hydrogen-bond donors (Lipinski definition) is 2. The Labute approximate surface area is 98.7 Å². The van der Waals surface area contributed by atoms with Crippen LogP contribution in [0, 0.1) is 23.7 Å². The van der Waals surface area contributed by atoms with Gasteiger partial charge in [-0.05, 0) is 36.5 Å². The zero-order chi connectivity index (χ0) is 12.0. The lowest BCUT2D eigenvalue weighted by molar-refractivity contribution is 0.117. The number of aliphatic hydroxyl groups is 2. The quantitative estimate of drug-likeness (QED) is 0.680. The molecular weight excluding hydrogens is 200 g/mol. The normalized spacial score (nSPS) is 34.7. The summed E-state index contributed by atoms with van der Waals surface area (Å²) in [5.74, 6) is 1.12. The Morgan fingerprint density at radius 3 is 2.31 bits per heavy atom. The maximum Gasteiger partial charge on any atom is 0.0468 e. The summed E-state index contributed by atoms with van der Waals surface area (Å²) >= 11 is 0. The average Bonchev–Trinajstić information content (AvgIpc) is 2.66. The van der Waals surface area contributed by atoms with Crippen LogP contribution in [0.25, 0.3) is 0 Å². The molecule has 1 rings (SSSR count). The van der Waals surface area contributed by atoms with Gasteiger partial charge in [-0.15, -0.1) is 6.58 Å². The standard InChI is InChI=1S/C14H24O2/c1-3-5-6-7-12-8-11(4-2)13(9-15)14(12)10-16/h4,6-7,11-16H,2-3,5,8-10H2,1H3/b7-6-/t11-,12+,13+,14-/m1/s1. The first-order valence-electron chi connectivity index (χ1n) is 6.29. The third-order valence-corrected chi connectivity index (χ3v) is 3.76. The second-order valence-corrected chi connectivity index (χ2v) is 4.71. The second-order valence-electron chi connectivity index (χ2n) is 4.71. The minimum absolute atomic E-state index is 0.153. The molecule has 1 saturated carbocycles. The lowest BCUT2D eigenvalue weighted by Crippen LogP contribution is -2.23. The third kappa shape index (κ3) is 2.96. The smallest absolute Gasteiger partial charge is 0.0468 e. The van der Waals surface area contributed by atoms with E-state index in [1.54, 1.807) is 0 Å². The van der Waals surface area contributed by atoms with Gasteiger partial charge in [0.05, 0.1) is 0 Å². The van der Waals surface area contributed by atoms with Crippen molar-refractivity contribution >= 4 is 0 Å². The first-order chi connectivity index (χ1) is 7.78. The summed E-state index contributed by atoms with van der Waals surface area (Å²) in [5.41, 5.74) is 0. The highest BCUT2D eigenvalue weighted by molar-refractivity contribution is 5.04. The van der Waals surface area contributed by atoms with Gasteiger partial charge in [-0.25, -0.2) is 0 Å². The maximum atomic E-state index is 9.43. The minimum Gasteiger partial charge on any atom is -0.396 e. The van der Waals surface area contributed by atoms with E-state index in [4.69, 9.17) is 0 Å². The van der Waals surface area contributed by atoms with Crippen molar-refractivity contribution in [3.05, 3.63) is 24.8 Å². The predicted molar refractivity (Wildman–Crippen MR) is 67.0 cm³/mol. The Kier molecular flexibility index (Phi) is 5.78. The summed E-state index contributed by atoms with van der Waals surface area (Å²) in [7, 11) is 0. The molecule has 0 aliphatic heterocycles. The number of aliphatic hydroxyl groups excluding tert-OH is 2. The van der Waals surface area contributed by atoms with Crippen LogP contribution in [0.4, 0.5) is 0 Å². The molecule has 92 valence electrons. The molecule has 2 nitrogen and oxygen atoms in total. The molecule has 0 unspecified atom stereocenters. The molecule has 0 aromatic heterocycles. The molecule has 1 fully saturated rings. The highest BCUT2D eigenvalue weighted by Crippen LogP contribution is 2.42. The molecular formula is C14H24O2. The lowest BCUT2D eigenvalue weighted by Gasteiger charge is -2.20. The van der Waals surface area contributed by atoms with E-state index in [9.17, 15) is 10.2 Å². The molecule has 0 aromatic carbocycles. The Bertz CT molecular complexity index is 235. The fourth-order valence-electron chi connectivity index (χ4n) is 2.77. The number of unbranched alkanes of at least 4 members (excludes halogenated alkanes) is 1. The largest absolute Gasteiger partial charge is 0.396 e. The van der Waals surface area contributed by atoms with Crippen LogP contribution < -0.4 is 0 Å². The topological polar surface area (TPSA) is 40.5 Å². The molecule has 16 heavy (non-hydrogen) atoms. The molecule has 2 N–H and O–H groups in total. The maximum absolute atomic E-state index is 9.43. The molecule has 0 heterocycles. The summed E-state index contributed by atoms with van der Waals surface area (Å²) in [6.45, 7) is 6.30. The molecule has 0 saturated heterocycles. The van der Waals surface area contributed by atoms with Crippen molar-refractivity contribution < 1.29 is 10.2 Å². The molecule has 0 amide bonds. The van der Waals surface area contributed by atoms with Gasteiger partial charge in [-0.3, -0.25) is 0 Å². The van der Waals surface area contributed by atoms with Gasteiger partial charge >= 0.3 is 0 Å². The van der Waals surface area contributed by atoms with E-state index in [-0.39, 0.29) is 25.0 Å². The number of hydrogen-bond acceptors (Lipinski definition) is 2. The Hall–Kier alpha value is -0.600. The average molecular weight is 224 g/mol. The molecule has 0 spiro atoms. The van der Waals surface area contributed by atoms with Crippen LogP contribution in [0.15, 0.2) is 24.8 Å². The molecule has 0 aromatic rings. The first kappa shape index (κ1) is 13.5. The van der Waals surface area contributed by atoms with E-state index < -0.39 is 0 Å². The molecule has 0 radical (unpaired) electrons. The van der Waals surface area contributed by atoms with Crippen molar-refractivity contribution in [1.82, 2.24) is 0 Å². The van der Waals surface area contributed by atoms with Crippen molar-refractivity contribution in [3.8, 4) is 0 Å². The van der Waals surface area contributed by atoms with Crippen molar-refractivity contribution in [1.29, 1.82) is 0 Å². The van der Waals surface area contributed by atoms with Gasteiger partial charge in [0.15, 0.2) is 0 Å². The van der Waals surface area contributed by atoms with E-state index in [0.29, 0.717) is 11.8 Å². The Morgan fingerprint density at radius 1 is 1.19 bits per heavy atom. The molecule has 1 aliphatic carbocycles. The Morgan fingerprint density at radius 2 is 1.81 bits per heavy atom.